The molecule has 7 heteroatoms. The predicted molar refractivity (Wildman–Crippen MR) is 90.4 cm³/mol. The molecular formula is C17H21N3O4. The molecule has 2 aromatic rings. The Bertz CT molecular complexity index is 805. The summed E-state index contributed by atoms with van der Waals surface area (Å²) in [5.41, 5.74) is 1.23. The Kier molecular flexibility index (Phi) is 5.23. The van der Waals surface area contributed by atoms with Gasteiger partial charge in [0, 0.05) is 19.9 Å². The smallest absolute Gasteiger partial charge is 0.303 e. The summed E-state index contributed by atoms with van der Waals surface area (Å²) < 4.78 is 3.15. The maximum Gasteiger partial charge on any atom is 0.303 e. The predicted octanol–water partition coefficient (Wildman–Crippen LogP) is 1.92. The summed E-state index contributed by atoms with van der Waals surface area (Å²) in [4.78, 5) is 35.4. The molecule has 0 aliphatic heterocycles. The number of carbonyl (C=O) groups is 2. The van der Waals surface area contributed by atoms with E-state index in [2.05, 4.69) is 5.32 Å². The minimum atomic E-state index is -0.947. The van der Waals surface area contributed by atoms with Crippen LogP contribution >= 0.6 is 0 Å². The Hall–Kier alpha value is -2.83. The normalized spacial score (nSPS) is 12.0. The number of amides is 1. The van der Waals surface area contributed by atoms with E-state index in [-0.39, 0.29) is 35.9 Å². The molecule has 0 fully saturated rings. The number of nitrogens with zero attached hydrogens (tertiary/aromatic N) is 2. The molecule has 0 bridgehead atoms. The molecule has 0 saturated heterocycles. The average molecular weight is 331 g/mol. The molecule has 1 amide bonds. The first kappa shape index (κ1) is 17.5. The Labute approximate surface area is 139 Å². The number of rotatable bonds is 6. The van der Waals surface area contributed by atoms with Crippen molar-refractivity contribution in [1.82, 2.24) is 9.36 Å². The van der Waals surface area contributed by atoms with Crippen molar-refractivity contribution in [3.63, 3.8) is 0 Å². The molecule has 1 aromatic carbocycles. The Morgan fingerprint density at radius 2 is 1.83 bits per heavy atom. The van der Waals surface area contributed by atoms with Crippen molar-refractivity contribution in [1.29, 1.82) is 0 Å². The van der Waals surface area contributed by atoms with Crippen LogP contribution in [-0.4, -0.2) is 26.3 Å². The second-order valence-electron chi connectivity index (χ2n) is 5.89. The van der Waals surface area contributed by atoms with Crippen molar-refractivity contribution in [3.8, 4) is 5.69 Å². The van der Waals surface area contributed by atoms with Gasteiger partial charge in [-0.05, 0) is 25.0 Å². The van der Waals surface area contributed by atoms with Crippen LogP contribution in [0.1, 0.15) is 25.5 Å². The molecule has 0 saturated carbocycles. The van der Waals surface area contributed by atoms with Crippen LogP contribution in [0.5, 0.6) is 0 Å². The first-order valence-corrected chi connectivity index (χ1v) is 7.67. The van der Waals surface area contributed by atoms with E-state index in [0.717, 1.165) is 0 Å². The van der Waals surface area contributed by atoms with Gasteiger partial charge in [-0.3, -0.25) is 19.1 Å². The Morgan fingerprint density at radius 1 is 1.21 bits per heavy atom. The quantitative estimate of drug-likeness (QED) is 0.846. The molecule has 1 atom stereocenters. The number of hydrogen-bond acceptors (Lipinski definition) is 3. The molecule has 1 unspecified atom stereocenters. The van der Waals surface area contributed by atoms with Crippen LogP contribution in [0.3, 0.4) is 0 Å². The Morgan fingerprint density at radius 3 is 2.42 bits per heavy atom. The zero-order chi connectivity index (χ0) is 17.9. The first-order chi connectivity index (χ1) is 11.3. The van der Waals surface area contributed by atoms with Gasteiger partial charge in [-0.2, -0.15) is 0 Å². The highest BCUT2D eigenvalue weighted by Gasteiger charge is 2.19. The fourth-order valence-corrected chi connectivity index (χ4v) is 2.59. The molecule has 2 N–H and O–H groups in total. The topological polar surface area (TPSA) is 93.3 Å². The number of anilines is 1. The van der Waals surface area contributed by atoms with Gasteiger partial charge in [-0.25, -0.2) is 4.68 Å². The van der Waals surface area contributed by atoms with E-state index in [0.29, 0.717) is 11.4 Å². The van der Waals surface area contributed by atoms with E-state index in [1.54, 1.807) is 37.7 Å². The lowest BCUT2D eigenvalue weighted by Crippen LogP contribution is -2.24. The minimum absolute atomic E-state index is 0.0470. The zero-order valence-corrected chi connectivity index (χ0v) is 13.9. The molecule has 1 heterocycles. The number of aromatic nitrogens is 2. The van der Waals surface area contributed by atoms with E-state index >= 15 is 0 Å². The van der Waals surface area contributed by atoms with Gasteiger partial charge in [0.1, 0.15) is 5.69 Å². The lowest BCUT2D eigenvalue weighted by molar-refractivity contribution is -0.138. The number of carbonyl (C=O) groups excluding carboxylic acids is 1. The Balaban J connectivity index is 2.25. The minimum Gasteiger partial charge on any atom is -0.481 e. The molecule has 0 aliphatic carbocycles. The molecule has 0 spiro atoms. The van der Waals surface area contributed by atoms with Gasteiger partial charge in [0.25, 0.3) is 5.56 Å². The maximum absolute atomic E-state index is 12.6. The van der Waals surface area contributed by atoms with Gasteiger partial charge in [-0.1, -0.05) is 25.1 Å². The number of carboxylic acid groups (broad SMARTS) is 1. The van der Waals surface area contributed by atoms with Crippen molar-refractivity contribution >= 4 is 17.6 Å². The van der Waals surface area contributed by atoms with E-state index in [9.17, 15) is 14.4 Å². The summed E-state index contributed by atoms with van der Waals surface area (Å²) in [6, 6.07) is 9.13. The monoisotopic (exact) mass is 331 g/mol. The van der Waals surface area contributed by atoms with Gasteiger partial charge in [0.2, 0.25) is 5.91 Å². The van der Waals surface area contributed by atoms with Crippen LogP contribution in [0.25, 0.3) is 5.69 Å². The van der Waals surface area contributed by atoms with E-state index in [1.807, 2.05) is 18.2 Å². The number of benzene rings is 1. The van der Waals surface area contributed by atoms with Crippen LogP contribution in [0, 0.1) is 12.8 Å². The summed E-state index contributed by atoms with van der Waals surface area (Å²) in [5, 5.41) is 11.4. The van der Waals surface area contributed by atoms with Crippen molar-refractivity contribution in [3.05, 3.63) is 46.4 Å². The van der Waals surface area contributed by atoms with Crippen molar-refractivity contribution in [2.75, 3.05) is 5.32 Å². The van der Waals surface area contributed by atoms with Crippen LogP contribution in [0.15, 0.2) is 35.1 Å². The van der Waals surface area contributed by atoms with Gasteiger partial charge in [0.05, 0.1) is 11.4 Å². The molecule has 128 valence electrons. The SMILES string of the molecule is Cc1c(NC(=O)CC(C)CC(=O)O)c(=O)n(-c2ccccc2)n1C. The van der Waals surface area contributed by atoms with Crippen molar-refractivity contribution < 1.29 is 14.7 Å². The van der Waals surface area contributed by atoms with Crippen molar-refractivity contribution in [2.45, 2.75) is 26.7 Å². The second kappa shape index (κ2) is 7.16. The summed E-state index contributed by atoms with van der Waals surface area (Å²) >= 11 is 0. The van der Waals surface area contributed by atoms with Gasteiger partial charge >= 0.3 is 5.97 Å². The largest absolute Gasteiger partial charge is 0.481 e. The molecule has 24 heavy (non-hydrogen) atoms. The van der Waals surface area contributed by atoms with Crippen LogP contribution < -0.4 is 10.9 Å². The molecule has 0 aliphatic rings. The number of carboxylic acids is 1. The molecule has 7 nitrogen and oxygen atoms in total. The van der Waals surface area contributed by atoms with Crippen LogP contribution in [-0.2, 0) is 16.6 Å². The van der Waals surface area contributed by atoms with Crippen molar-refractivity contribution in [2.24, 2.45) is 13.0 Å². The number of nitrogens with one attached hydrogen (secondary N) is 1. The first-order valence-electron chi connectivity index (χ1n) is 7.67. The third-order valence-corrected chi connectivity index (χ3v) is 3.88. The fourth-order valence-electron chi connectivity index (χ4n) is 2.59. The highest BCUT2D eigenvalue weighted by atomic mass is 16.4. The summed E-state index contributed by atoms with van der Waals surface area (Å²) in [6.07, 6.45) is -0.0408. The standard InChI is InChI=1S/C17H21N3O4/c1-11(10-15(22)23)9-14(21)18-16-12(2)19(3)20(17(16)24)13-7-5-4-6-8-13/h4-8,11H,9-10H2,1-3H3,(H,18,21)(H,22,23). The third-order valence-electron chi connectivity index (χ3n) is 3.88. The summed E-state index contributed by atoms with van der Waals surface area (Å²) in [5.74, 6) is -1.62. The summed E-state index contributed by atoms with van der Waals surface area (Å²) in [6.45, 7) is 3.44. The summed E-state index contributed by atoms with van der Waals surface area (Å²) in [7, 11) is 1.74. The van der Waals surface area contributed by atoms with E-state index in [1.165, 1.54) is 4.68 Å². The number of aliphatic carboxylic acids is 1. The lowest BCUT2D eigenvalue weighted by Gasteiger charge is -2.08. The second-order valence-corrected chi connectivity index (χ2v) is 5.89. The lowest BCUT2D eigenvalue weighted by atomic mass is 10.0. The molecule has 2 rings (SSSR count). The highest BCUT2D eigenvalue weighted by Crippen LogP contribution is 2.15. The van der Waals surface area contributed by atoms with E-state index in [4.69, 9.17) is 5.11 Å². The van der Waals surface area contributed by atoms with Crippen LogP contribution in [0.2, 0.25) is 0 Å². The zero-order valence-electron chi connectivity index (χ0n) is 13.9. The highest BCUT2D eigenvalue weighted by molar-refractivity contribution is 5.91. The fraction of sp³-hybridized carbons (Fsp3) is 0.353. The molecule has 0 radical (unpaired) electrons. The third kappa shape index (κ3) is 3.73. The average Bonchev–Trinajstić information content (AvgIpc) is 2.71. The molecule has 1 aromatic heterocycles. The molecular weight excluding hydrogens is 310 g/mol. The number of para-hydroxylation sites is 1. The number of hydrogen-bond donors (Lipinski definition) is 2. The van der Waals surface area contributed by atoms with Crippen LogP contribution in [0.4, 0.5) is 5.69 Å². The maximum atomic E-state index is 12.6. The van der Waals surface area contributed by atoms with Gasteiger partial charge in [0.15, 0.2) is 0 Å². The van der Waals surface area contributed by atoms with E-state index < -0.39 is 5.97 Å². The van der Waals surface area contributed by atoms with Gasteiger partial charge < -0.3 is 10.4 Å². The van der Waals surface area contributed by atoms with Gasteiger partial charge in [-0.15, -0.1) is 0 Å².